The molecule has 0 N–H and O–H groups in total. The van der Waals surface area contributed by atoms with Crippen LogP contribution in [0.3, 0.4) is 0 Å². The molecule has 392 valence electrons. The molecule has 0 amide bonds. The molecule has 0 saturated carbocycles. The lowest BCUT2D eigenvalue weighted by Crippen LogP contribution is -2.32. The molecule has 0 aromatic heterocycles. The van der Waals surface area contributed by atoms with Gasteiger partial charge >= 0.3 is 0 Å². The molecule has 0 fully saturated rings. The first kappa shape index (κ1) is 65.0. The second kappa shape index (κ2) is 56.6. The van der Waals surface area contributed by atoms with Gasteiger partial charge in [0.1, 0.15) is 0 Å². The maximum absolute atomic E-state index is 2.37. The summed E-state index contributed by atoms with van der Waals surface area (Å²) in [7, 11) is 0. The van der Waals surface area contributed by atoms with Crippen molar-refractivity contribution in [1.82, 2.24) is 0 Å². The minimum absolute atomic E-state index is 0.622. The molecule has 0 saturated heterocycles. The van der Waals surface area contributed by atoms with E-state index in [1.807, 2.05) is 0 Å². The Morgan fingerprint density at radius 3 is 0.477 bits per heavy atom. The predicted molar refractivity (Wildman–Crippen MR) is 302 cm³/mol. The summed E-state index contributed by atoms with van der Waals surface area (Å²) in [4.78, 5) is 0. The van der Waals surface area contributed by atoms with E-state index in [0.717, 1.165) is 5.92 Å². The smallest absolute Gasteiger partial charge is 0.0269 e. The molecule has 0 heteroatoms. The summed E-state index contributed by atoms with van der Waals surface area (Å²) in [6, 6.07) is 0. The van der Waals surface area contributed by atoms with Crippen LogP contribution in [0.1, 0.15) is 407 Å². The van der Waals surface area contributed by atoms with Crippen molar-refractivity contribution in [2.75, 3.05) is 0 Å². The second-order valence-corrected chi connectivity index (χ2v) is 22.9. The van der Waals surface area contributed by atoms with Crippen LogP contribution in [0.5, 0.6) is 0 Å². The summed E-state index contributed by atoms with van der Waals surface area (Å²) in [5.74, 6) is 0.986. The molecule has 0 aromatic carbocycles. The lowest BCUT2D eigenvalue weighted by atomic mass is 9.62. The van der Waals surface area contributed by atoms with E-state index in [4.69, 9.17) is 0 Å². The van der Waals surface area contributed by atoms with E-state index in [2.05, 4.69) is 34.6 Å². The summed E-state index contributed by atoms with van der Waals surface area (Å²) in [6.45, 7) is 11.8. The van der Waals surface area contributed by atoms with Crippen LogP contribution in [0.4, 0.5) is 0 Å². The lowest BCUT2D eigenvalue weighted by molar-refractivity contribution is 0.0813. The second-order valence-electron chi connectivity index (χ2n) is 22.9. The molecule has 0 nitrogen and oxygen atoms in total. The first-order chi connectivity index (χ1) is 32.2. The maximum atomic E-state index is 2.37. The van der Waals surface area contributed by atoms with E-state index in [1.54, 1.807) is 32.1 Å². The monoisotopic (exact) mass is 913 g/mol. The van der Waals surface area contributed by atoms with Crippen molar-refractivity contribution in [3.05, 3.63) is 0 Å². The Hall–Kier alpha value is 0. The molecular formula is C65H132. The third kappa shape index (κ3) is 47.5. The van der Waals surface area contributed by atoms with Crippen LogP contribution in [-0.2, 0) is 0 Å². The number of unbranched alkanes of at least 4 members (excludes halogenated alkanes) is 48. The molecule has 0 aliphatic rings. The van der Waals surface area contributed by atoms with Crippen molar-refractivity contribution in [2.45, 2.75) is 407 Å². The zero-order valence-corrected chi connectivity index (χ0v) is 47.1. The van der Waals surface area contributed by atoms with Gasteiger partial charge in [-0.25, -0.2) is 0 Å². The van der Waals surface area contributed by atoms with E-state index in [0.29, 0.717) is 5.41 Å². The molecular weight excluding hydrogens is 781 g/mol. The molecule has 2 unspecified atom stereocenters. The third-order valence-corrected chi connectivity index (χ3v) is 16.5. The van der Waals surface area contributed by atoms with Crippen molar-refractivity contribution < 1.29 is 0 Å². The molecule has 0 aliphatic heterocycles. The molecule has 0 heterocycles. The highest BCUT2D eigenvalue weighted by Crippen LogP contribution is 2.48. The summed E-state index contributed by atoms with van der Waals surface area (Å²) in [5, 5.41) is 0. The van der Waals surface area contributed by atoms with E-state index in [-0.39, 0.29) is 0 Å². The standard InChI is InChI=1S/C65H132/c1-6-11-16-21-26-31-34-36-37-38-40-45-50-55-60-64(59-54-49-44-30-25-20-15-10-5)65(61-56-51-46-41-29-24-19-14-9-4,62-57-52-47-42-33-28-23-18-13-8-3)63-58-53-48-43-39-35-32-27-22-17-12-7-2/h64H,6-63H2,1-5H3. The highest BCUT2D eigenvalue weighted by molar-refractivity contribution is 4.87. The summed E-state index contributed by atoms with van der Waals surface area (Å²) in [5.41, 5.74) is 0.622. The van der Waals surface area contributed by atoms with Crippen LogP contribution in [0.25, 0.3) is 0 Å². The molecule has 2 atom stereocenters. The Balaban J connectivity index is 5.71. The first-order valence-corrected chi connectivity index (χ1v) is 32.2. The van der Waals surface area contributed by atoms with Crippen molar-refractivity contribution in [2.24, 2.45) is 11.3 Å². The normalized spacial score (nSPS) is 13.2. The fourth-order valence-electron chi connectivity index (χ4n) is 11.9. The van der Waals surface area contributed by atoms with Gasteiger partial charge in [-0.3, -0.25) is 0 Å². The minimum atomic E-state index is 0.622. The van der Waals surface area contributed by atoms with Crippen LogP contribution in [0.2, 0.25) is 0 Å². The molecule has 0 aliphatic carbocycles. The van der Waals surface area contributed by atoms with Crippen molar-refractivity contribution in [1.29, 1.82) is 0 Å². The zero-order chi connectivity index (χ0) is 47.1. The van der Waals surface area contributed by atoms with Gasteiger partial charge in [-0.05, 0) is 43.4 Å². The molecule has 0 rings (SSSR count). The number of hydrogen-bond donors (Lipinski definition) is 0. The molecule has 0 bridgehead atoms. The number of rotatable bonds is 59. The van der Waals surface area contributed by atoms with Gasteiger partial charge in [0.15, 0.2) is 0 Å². The summed E-state index contributed by atoms with van der Waals surface area (Å²) >= 11 is 0. The summed E-state index contributed by atoms with van der Waals surface area (Å²) < 4.78 is 0. The predicted octanol–water partition coefficient (Wildman–Crippen LogP) is 25.3. The highest BCUT2D eigenvalue weighted by atomic mass is 14.4. The Kier molecular flexibility index (Phi) is 56.6. The quantitative estimate of drug-likeness (QED) is 0.0534. The summed E-state index contributed by atoms with van der Waals surface area (Å²) in [6.07, 6.45) is 86.2. The van der Waals surface area contributed by atoms with Gasteiger partial charge in [0.25, 0.3) is 0 Å². The van der Waals surface area contributed by atoms with Crippen LogP contribution in [-0.4, -0.2) is 0 Å². The fraction of sp³-hybridized carbons (Fsp3) is 1.00. The largest absolute Gasteiger partial charge is 0.0654 e. The van der Waals surface area contributed by atoms with Crippen LogP contribution < -0.4 is 0 Å². The SMILES string of the molecule is CCCCCCCCCCCCCCCCC(CCCCCCCCCC)C(CCCCCCCCCCC)(CCCCCCCCCCCC)CCCCCCCCCCCCCC. The Labute approximate surface area is 416 Å². The van der Waals surface area contributed by atoms with Gasteiger partial charge in [-0.1, -0.05) is 375 Å². The Morgan fingerprint density at radius 2 is 0.308 bits per heavy atom. The zero-order valence-electron chi connectivity index (χ0n) is 47.1. The van der Waals surface area contributed by atoms with Crippen LogP contribution in [0, 0.1) is 11.3 Å². The first-order valence-electron chi connectivity index (χ1n) is 32.2. The van der Waals surface area contributed by atoms with Crippen molar-refractivity contribution in [3.63, 3.8) is 0 Å². The molecule has 65 heavy (non-hydrogen) atoms. The van der Waals surface area contributed by atoms with Gasteiger partial charge in [0.2, 0.25) is 0 Å². The van der Waals surface area contributed by atoms with E-state index >= 15 is 0 Å². The van der Waals surface area contributed by atoms with Crippen LogP contribution in [0.15, 0.2) is 0 Å². The average molecular weight is 914 g/mol. The number of hydrogen-bond acceptors (Lipinski definition) is 0. The highest BCUT2D eigenvalue weighted by Gasteiger charge is 2.36. The van der Waals surface area contributed by atoms with Crippen molar-refractivity contribution in [3.8, 4) is 0 Å². The maximum Gasteiger partial charge on any atom is -0.0269 e. The van der Waals surface area contributed by atoms with Gasteiger partial charge < -0.3 is 0 Å². The third-order valence-electron chi connectivity index (χ3n) is 16.5. The molecule has 0 radical (unpaired) electrons. The Morgan fingerprint density at radius 1 is 0.169 bits per heavy atom. The van der Waals surface area contributed by atoms with Gasteiger partial charge in [-0.15, -0.1) is 0 Å². The van der Waals surface area contributed by atoms with Crippen molar-refractivity contribution >= 4 is 0 Å². The Bertz CT molecular complexity index is 813. The average Bonchev–Trinajstić information content (AvgIpc) is 3.32. The lowest BCUT2D eigenvalue weighted by Gasteiger charge is -2.43. The fourth-order valence-corrected chi connectivity index (χ4v) is 11.9. The van der Waals surface area contributed by atoms with Gasteiger partial charge in [0.05, 0.1) is 0 Å². The van der Waals surface area contributed by atoms with E-state index < -0.39 is 0 Å². The van der Waals surface area contributed by atoms with Gasteiger partial charge in [0, 0.05) is 0 Å². The van der Waals surface area contributed by atoms with E-state index in [1.165, 1.54) is 340 Å². The van der Waals surface area contributed by atoms with E-state index in [9.17, 15) is 0 Å². The minimum Gasteiger partial charge on any atom is -0.0654 e. The molecule has 0 spiro atoms. The topological polar surface area (TPSA) is 0 Å². The van der Waals surface area contributed by atoms with Gasteiger partial charge in [-0.2, -0.15) is 0 Å². The molecule has 0 aromatic rings. The van der Waals surface area contributed by atoms with Crippen LogP contribution >= 0.6 is 0 Å².